The van der Waals surface area contributed by atoms with Gasteiger partial charge in [0.05, 0.1) is 27.9 Å². The molecule has 0 unspecified atom stereocenters. The highest BCUT2D eigenvalue weighted by molar-refractivity contribution is 5.65. The fourth-order valence-corrected chi connectivity index (χ4v) is 3.40. The van der Waals surface area contributed by atoms with E-state index in [1.807, 2.05) is 6.07 Å². The Morgan fingerprint density at radius 3 is 2.00 bits per heavy atom. The van der Waals surface area contributed by atoms with E-state index in [0.29, 0.717) is 30.1 Å². The molecule has 0 fully saturated rings. The Bertz CT molecular complexity index is 838. The van der Waals surface area contributed by atoms with Crippen LogP contribution in [0.4, 0.5) is 0 Å². The van der Waals surface area contributed by atoms with Crippen LogP contribution in [0.3, 0.4) is 0 Å². The second-order valence-corrected chi connectivity index (χ2v) is 7.30. The third-order valence-electron chi connectivity index (χ3n) is 5.14. The van der Waals surface area contributed by atoms with Crippen molar-refractivity contribution in [3.8, 4) is 28.7 Å². The fourth-order valence-electron chi connectivity index (χ4n) is 3.40. The summed E-state index contributed by atoms with van der Waals surface area (Å²) in [5, 5.41) is 20.0. The molecule has 0 spiro atoms. The number of phenols is 2. The van der Waals surface area contributed by atoms with Gasteiger partial charge in [0.2, 0.25) is 5.75 Å². The van der Waals surface area contributed by atoms with E-state index < -0.39 is 0 Å². The summed E-state index contributed by atoms with van der Waals surface area (Å²) < 4.78 is 21.0. The minimum atomic E-state index is -0.334. The van der Waals surface area contributed by atoms with Gasteiger partial charge in [0, 0.05) is 12.8 Å². The first kappa shape index (κ1) is 23.2. The van der Waals surface area contributed by atoms with Gasteiger partial charge in [-0.25, -0.2) is 0 Å². The quantitative estimate of drug-likeness (QED) is 0.568. The lowest BCUT2D eigenvalue weighted by atomic mass is 9.84. The standard InChI is InChI=1S/C23H30O7/c1-14(8-16-6-7-19(25)20(10-16)27-3)18(13-30-15(2)24)9-17-11-21(28-4)23(26)22(12-17)29-5/h6-7,10-12,14,18,25-26H,8-9,13H2,1-5H3/t14-,18-/m0/s1. The number of ether oxygens (including phenoxy) is 4. The van der Waals surface area contributed by atoms with Crippen LogP contribution in [0.2, 0.25) is 0 Å². The van der Waals surface area contributed by atoms with E-state index in [9.17, 15) is 15.0 Å². The highest BCUT2D eigenvalue weighted by Crippen LogP contribution is 2.38. The van der Waals surface area contributed by atoms with Crippen LogP contribution in [-0.2, 0) is 22.4 Å². The van der Waals surface area contributed by atoms with Gasteiger partial charge in [-0.3, -0.25) is 4.79 Å². The van der Waals surface area contributed by atoms with Gasteiger partial charge in [-0.2, -0.15) is 0 Å². The van der Waals surface area contributed by atoms with Gasteiger partial charge in [0.25, 0.3) is 0 Å². The van der Waals surface area contributed by atoms with Crippen molar-refractivity contribution in [3.63, 3.8) is 0 Å². The zero-order chi connectivity index (χ0) is 22.3. The summed E-state index contributed by atoms with van der Waals surface area (Å²) in [4.78, 5) is 11.4. The highest BCUT2D eigenvalue weighted by atomic mass is 16.5. The number of carbonyl (C=O) groups is 1. The van der Waals surface area contributed by atoms with Crippen LogP contribution < -0.4 is 14.2 Å². The highest BCUT2D eigenvalue weighted by Gasteiger charge is 2.22. The number of rotatable bonds is 10. The van der Waals surface area contributed by atoms with Crippen molar-refractivity contribution in [1.29, 1.82) is 0 Å². The fraction of sp³-hybridized carbons (Fsp3) is 0.435. The molecular formula is C23H30O7. The lowest BCUT2D eigenvalue weighted by Gasteiger charge is -2.25. The minimum absolute atomic E-state index is 0.00709. The van der Waals surface area contributed by atoms with Gasteiger partial charge in [-0.05, 0) is 54.2 Å². The number of hydrogen-bond donors (Lipinski definition) is 2. The van der Waals surface area contributed by atoms with Crippen molar-refractivity contribution >= 4 is 5.97 Å². The molecule has 0 heterocycles. The van der Waals surface area contributed by atoms with Crippen LogP contribution in [0.1, 0.15) is 25.0 Å². The molecule has 7 heteroatoms. The Morgan fingerprint density at radius 1 is 0.900 bits per heavy atom. The average molecular weight is 418 g/mol. The second-order valence-electron chi connectivity index (χ2n) is 7.30. The van der Waals surface area contributed by atoms with E-state index in [1.165, 1.54) is 28.3 Å². The van der Waals surface area contributed by atoms with Crippen LogP contribution in [-0.4, -0.2) is 44.1 Å². The third-order valence-corrected chi connectivity index (χ3v) is 5.14. The normalized spacial score (nSPS) is 12.7. The lowest BCUT2D eigenvalue weighted by Crippen LogP contribution is -2.23. The van der Waals surface area contributed by atoms with Gasteiger partial charge in [0.1, 0.15) is 0 Å². The zero-order valence-electron chi connectivity index (χ0n) is 18.1. The summed E-state index contributed by atoms with van der Waals surface area (Å²) in [5.41, 5.74) is 1.90. The molecule has 2 N–H and O–H groups in total. The largest absolute Gasteiger partial charge is 0.504 e. The number of hydrogen-bond acceptors (Lipinski definition) is 7. The number of carbonyl (C=O) groups excluding carboxylic acids is 1. The minimum Gasteiger partial charge on any atom is -0.504 e. The Morgan fingerprint density at radius 2 is 1.47 bits per heavy atom. The molecule has 0 radical (unpaired) electrons. The summed E-state index contributed by atoms with van der Waals surface area (Å²) >= 11 is 0. The van der Waals surface area contributed by atoms with E-state index in [0.717, 1.165) is 11.1 Å². The summed E-state index contributed by atoms with van der Waals surface area (Å²) in [5.74, 6) is 0.928. The monoisotopic (exact) mass is 418 g/mol. The molecule has 0 saturated heterocycles. The molecule has 0 saturated carbocycles. The van der Waals surface area contributed by atoms with E-state index >= 15 is 0 Å². The molecular weight excluding hydrogens is 388 g/mol. The van der Waals surface area contributed by atoms with Crippen molar-refractivity contribution in [1.82, 2.24) is 0 Å². The maximum atomic E-state index is 11.4. The lowest BCUT2D eigenvalue weighted by molar-refractivity contribution is -0.142. The van der Waals surface area contributed by atoms with Crippen LogP contribution in [0.25, 0.3) is 0 Å². The second kappa shape index (κ2) is 10.6. The Hall–Kier alpha value is -3.09. The molecule has 0 aromatic heterocycles. The first-order chi connectivity index (χ1) is 14.3. The van der Waals surface area contributed by atoms with Gasteiger partial charge in [-0.15, -0.1) is 0 Å². The zero-order valence-corrected chi connectivity index (χ0v) is 18.1. The van der Waals surface area contributed by atoms with Crippen molar-refractivity contribution < 1.29 is 34.0 Å². The molecule has 0 aliphatic heterocycles. The number of aromatic hydroxyl groups is 2. The van der Waals surface area contributed by atoms with Gasteiger partial charge in [-0.1, -0.05) is 13.0 Å². The maximum absolute atomic E-state index is 11.4. The number of esters is 1. The van der Waals surface area contributed by atoms with Crippen LogP contribution in [0, 0.1) is 11.8 Å². The van der Waals surface area contributed by atoms with Crippen molar-refractivity contribution in [2.45, 2.75) is 26.7 Å². The molecule has 0 amide bonds. The third kappa shape index (κ3) is 5.95. The molecule has 30 heavy (non-hydrogen) atoms. The molecule has 164 valence electrons. The summed E-state index contributed by atoms with van der Waals surface area (Å²) in [6, 6.07) is 8.78. The number of methoxy groups -OCH3 is 3. The average Bonchev–Trinajstić information content (AvgIpc) is 2.72. The number of benzene rings is 2. The molecule has 7 nitrogen and oxygen atoms in total. The van der Waals surface area contributed by atoms with Crippen LogP contribution in [0.15, 0.2) is 30.3 Å². The summed E-state index contributed by atoms with van der Waals surface area (Å²) in [6.45, 7) is 3.73. The molecule has 2 aromatic carbocycles. The van der Waals surface area contributed by atoms with E-state index in [1.54, 1.807) is 24.3 Å². The Balaban J connectivity index is 2.26. The molecule has 2 atom stereocenters. The predicted octanol–water partition coefficient (Wildman–Crippen LogP) is 3.72. The molecule has 2 rings (SSSR count). The van der Waals surface area contributed by atoms with Gasteiger partial charge >= 0.3 is 5.97 Å². The van der Waals surface area contributed by atoms with E-state index in [4.69, 9.17) is 18.9 Å². The first-order valence-corrected chi connectivity index (χ1v) is 9.72. The maximum Gasteiger partial charge on any atom is 0.302 e. The van der Waals surface area contributed by atoms with Crippen LogP contribution >= 0.6 is 0 Å². The van der Waals surface area contributed by atoms with Gasteiger partial charge < -0.3 is 29.2 Å². The van der Waals surface area contributed by atoms with E-state index in [-0.39, 0.29) is 35.9 Å². The smallest absolute Gasteiger partial charge is 0.302 e. The number of phenolic OH excluding ortho intramolecular Hbond substituents is 2. The topological polar surface area (TPSA) is 94.5 Å². The first-order valence-electron chi connectivity index (χ1n) is 9.72. The van der Waals surface area contributed by atoms with Crippen molar-refractivity contribution in [2.75, 3.05) is 27.9 Å². The Labute approximate surface area is 177 Å². The van der Waals surface area contributed by atoms with Crippen molar-refractivity contribution in [3.05, 3.63) is 41.5 Å². The predicted molar refractivity (Wildman–Crippen MR) is 113 cm³/mol. The molecule has 0 aliphatic carbocycles. The SMILES string of the molecule is COc1cc(C[C@H](C)[C@H](COC(C)=O)Cc2cc(OC)c(O)c(OC)c2)ccc1O. The van der Waals surface area contributed by atoms with Crippen molar-refractivity contribution in [2.24, 2.45) is 11.8 Å². The summed E-state index contributed by atoms with van der Waals surface area (Å²) in [6.07, 6.45) is 1.30. The Kier molecular flexibility index (Phi) is 8.21. The van der Waals surface area contributed by atoms with E-state index in [2.05, 4.69) is 6.92 Å². The molecule has 0 bridgehead atoms. The summed E-state index contributed by atoms with van der Waals surface area (Å²) in [7, 11) is 4.47. The van der Waals surface area contributed by atoms with Crippen LogP contribution in [0.5, 0.6) is 28.7 Å². The molecule has 0 aliphatic rings. The molecule has 2 aromatic rings. The van der Waals surface area contributed by atoms with Gasteiger partial charge in [0.15, 0.2) is 23.0 Å².